The second kappa shape index (κ2) is 5.16. The lowest BCUT2D eigenvalue weighted by Gasteiger charge is -2.40. The molecule has 1 rings (SSSR count). The standard InChI is InChI=1S/C13H24N2O3/c1-9-7-5-6-8-13(9,10(16)17)15-11(18)14-12(2,3)4/h9H,5-8H2,1-4H3,(H,16,17)(H2,14,15,18). The van der Waals surface area contributed by atoms with E-state index in [1.54, 1.807) is 0 Å². The van der Waals surface area contributed by atoms with Crippen LogP contribution in [0.5, 0.6) is 0 Å². The largest absolute Gasteiger partial charge is 0.479 e. The van der Waals surface area contributed by atoms with Crippen LogP contribution in [0.4, 0.5) is 4.79 Å². The Balaban J connectivity index is 2.80. The SMILES string of the molecule is CC1CCCCC1(NC(=O)NC(C)(C)C)C(=O)O. The van der Waals surface area contributed by atoms with Gasteiger partial charge in [-0.3, -0.25) is 0 Å². The molecule has 5 heteroatoms. The summed E-state index contributed by atoms with van der Waals surface area (Å²) in [4.78, 5) is 23.4. The van der Waals surface area contributed by atoms with Crippen LogP contribution in [-0.2, 0) is 4.79 Å². The van der Waals surface area contributed by atoms with Crippen LogP contribution < -0.4 is 10.6 Å². The van der Waals surface area contributed by atoms with Crippen molar-refractivity contribution in [3.05, 3.63) is 0 Å². The number of aliphatic carboxylic acids is 1. The number of carboxylic acids is 1. The zero-order valence-corrected chi connectivity index (χ0v) is 11.7. The molecule has 0 aromatic carbocycles. The van der Waals surface area contributed by atoms with E-state index in [0.29, 0.717) is 6.42 Å². The Kier molecular flexibility index (Phi) is 4.24. The van der Waals surface area contributed by atoms with Crippen LogP contribution in [0.15, 0.2) is 0 Å². The average molecular weight is 256 g/mol. The highest BCUT2D eigenvalue weighted by molar-refractivity contribution is 5.87. The first-order valence-electron chi connectivity index (χ1n) is 6.51. The van der Waals surface area contributed by atoms with Crippen LogP contribution in [0.1, 0.15) is 53.4 Å². The van der Waals surface area contributed by atoms with Crippen molar-refractivity contribution in [2.45, 2.75) is 64.5 Å². The smallest absolute Gasteiger partial charge is 0.329 e. The highest BCUT2D eigenvalue weighted by Crippen LogP contribution is 2.33. The van der Waals surface area contributed by atoms with Crippen molar-refractivity contribution in [3.8, 4) is 0 Å². The number of carboxylic acid groups (broad SMARTS) is 1. The molecule has 0 radical (unpaired) electrons. The number of urea groups is 1. The van der Waals surface area contributed by atoms with Gasteiger partial charge in [-0.05, 0) is 39.5 Å². The summed E-state index contributed by atoms with van der Waals surface area (Å²) in [6.45, 7) is 7.49. The predicted octanol–water partition coefficient (Wildman–Crippen LogP) is 2.12. The van der Waals surface area contributed by atoms with E-state index >= 15 is 0 Å². The molecule has 1 saturated carbocycles. The van der Waals surface area contributed by atoms with Gasteiger partial charge in [0.15, 0.2) is 0 Å². The molecule has 0 spiro atoms. The Morgan fingerprint density at radius 1 is 1.28 bits per heavy atom. The molecule has 1 aliphatic carbocycles. The second-order valence-electron chi connectivity index (χ2n) is 6.25. The maximum atomic E-state index is 11.9. The molecule has 2 atom stereocenters. The van der Waals surface area contributed by atoms with E-state index in [2.05, 4.69) is 10.6 Å². The normalized spacial score (nSPS) is 28.6. The summed E-state index contributed by atoms with van der Waals surface area (Å²) >= 11 is 0. The van der Waals surface area contributed by atoms with Gasteiger partial charge in [0.1, 0.15) is 5.54 Å². The van der Waals surface area contributed by atoms with E-state index in [0.717, 1.165) is 19.3 Å². The number of nitrogens with one attached hydrogen (secondary N) is 2. The van der Waals surface area contributed by atoms with Gasteiger partial charge >= 0.3 is 12.0 Å². The molecular weight excluding hydrogens is 232 g/mol. The number of hydrogen-bond donors (Lipinski definition) is 3. The third-order valence-electron chi connectivity index (χ3n) is 3.51. The van der Waals surface area contributed by atoms with Gasteiger partial charge in [-0.1, -0.05) is 19.8 Å². The van der Waals surface area contributed by atoms with E-state index in [1.165, 1.54) is 0 Å². The highest BCUT2D eigenvalue weighted by atomic mass is 16.4. The second-order valence-corrected chi connectivity index (χ2v) is 6.25. The van der Waals surface area contributed by atoms with E-state index in [1.807, 2.05) is 27.7 Å². The molecule has 2 amide bonds. The van der Waals surface area contributed by atoms with Crippen LogP contribution in [0.2, 0.25) is 0 Å². The summed E-state index contributed by atoms with van der Waals surface area (Å²) in [6, 6.07) is -0.404. The van der Waals surface area contributed by atoms with Gasteiger partial charge in [-0.25, -0.2) is 9.59 Å². The molecule has 0 heterocycles. The van der Waals surface area contributed by atoms with Gasteiger partial charge in [-0.15, -0.1) is 0 Å². The van der Waals surface area contributed by atoms with Crippen molar-refractivity contribution in [2.24, 2.45) is 5.92 Å². The number of carbonyl (C=O) groups excluding carboxylic acids is 1. The summed E-state index contributed by atoms with van der Waals surface area (Å²) in [7, 11) is 0. The molecule has 3 N–H and O–H groups in total. The summed E-state index contributed by atoms with van der Waals surface area (Å²) in [5.74, 6) is -0.978. The van der Waals surface area contributed by atoms with Gasteiger partial charge in [0.2, 0.25) is 0 Å². The van der Waals surface area contributed by atoms with Crippen molar-refractivity contribution >= 4 is 12.0 Å². The first-order chi connectivity index (χ1) is 8.17. The van der Waals surface area contributed by atoms with Crippen molar-refractivity contribution in [3.63, 3.8) is 0 Å². The Hall–Kier alpha value is -1.26. The maximum Gasteiger partial charge on any atom is 0.329 e. The van der Waals surface area contributed by atoms with Gasteiger partial charge in [0.05, 0.1) is 0 Å². The Bertz CT molecular complexity index is 336. The van der Waals surface area contributed by atoms with Crippen molar-refractivity contribution < 1.29 is 14.7 Å². The maximum absolute atomic E-state index is 11.9. The lowest BCUT2D eigenvalue weighted by Crippen LogP contribution is -2.63. The number of hydrogen-bond acceptors (Lipinski definition) is 2. The minimum Gasteiger partial charge on any atom is -0.479 e. The molecule has 18 heavy (non-hydrogen) atoms. The van der Waals surface area contributed by atoms with E-state index in [9.17, 15) is 14.7 Å². The fourth-order valence-electron chi connectivity index (χ4n) is 2.48. The molecule has 2 unspecified atom stereocenters. The van der Waals surface area contributed by atoms with E-state index < -0.39 is 17.5 Å². The van der Waals surface area contributed by atoms with Gasteiger partial charge < -0.3 is 15.7 Å². The Morgan fingerprint density at radius 2 is 1.89 bits per heavy atom. The number of carbonyl (C=O) groups is 2. The molecule has 1 fully saturated rings. The van der Waals surface area contributed by atoms with Crippen LogP contribution in [0.3, 0.4) is 0 Å². The molecule has 0 aliphatic heterocycles. The van der Waals surface area contributed by atoms with Crippen LogP contribution in [-0.4, -0.2) is 28.2 Å². The monoisotopic (exact) mass is 256 g/mol. The fourth-order valence-corrected chi connectivity index (χ4v) is 2.48. The molecule has 0 aromatic rings. The third-order valence-corrected chi connectivity index (χ3v) is 3.51. The Morgan fingerprint density at radius 3 is 2.33 bits per heavy atom. The Labute approximate surface area is 108 Å². The van der Waals surface area contributed by atoms with Crippen molar-refractivity contribution in [1.29, 1.82) is 0 Å². The zero-order valence-electron chi connectivity index (χ0n) is 11.7. The van der Waals surface area contributed by atoms with Crippen LogP contribution in [0.25, 0.3) is 0 Å². The van der Waals surface area contributed by atoms with Crippen LogP contribution in [0, 0.1) is 5.92 Å². The first kappa shape index (κ1) is 14.8. The topological polar surface area (TPSA) is 78.4 Å². The zero-order chi connectivity index (χ0) is 14.0. The fraction of sp³-hybridized carbons (Fsp3) is 0.846. The van der Waals surface area contributed by atoms with Gasteiger partial charge in [-0.2, -0.15) is 0 Å². The summed E-state index contributed by atoms with van der Waals surface area (Å²) < 4.78 is 0. The van der Waals surface area contributed by atoms with Gasteiger partial charge in [0, 0.05) is 5.54 Å². The summed E-state index contributed by atoms with van der Waals surface area (Å²) in [5, 5.41) is 14.9. The summed E-state index contributed by atoms with van der Waals surface area (Å²) in [6.07, 6.45) is 3.20. The molecule has 0 bridgehead atoms. The predicted molar refractivity (Wildman–Crippen MR) is 69.4 cm³/mol. The summed E-state index contributed by atoms with van der Waals surface area (Å²) in [5.41, 5.74) is -1.49. The number of rotatable bonds is 2. The quantitative estimate of drug-likeness (QED) is 0.708. The molecule has 0 saturated heterocycles. The lowest BCUT2D eigenvalue weighted by atomic mass is 9.73. The van der Waals surface area contributed by atoms with Gasteiger partial charge in [0.25, 0.3) is 0 Å². The first-order valence-corrected chi connectivity index (χ1v) is 6.51. The van der Waals surface area contributed by atoms with Crippen LogP contribution >= 0.6 is 0 Å². The van der Waals surface area contributed by atoms with Crippen molar-refractivity contribution in [1.82, 2.24) is 10.6 Å². The third kappa shape index (κ3) is 3.37. The average Bonchev–Trinajstić information content (AvgIpc) is 2.18. The minimum atomic E-state index is -1.12. The molecule has 0 aromatic heterocycles. The molecule has 104 valence electrons. The van der Waals surface area contributed by atoms with E-state index in [-0.39, 0.29) is 11.5 Å². The molecule has 1 aliphatic rings. The minimum absolute atomic E-state index is 0.0468. The van der Waals surface area contributed by atoms with Crippen molar-refractivity contribution in [2.75, 3.05) is 0 Å². The lowest BCUT2D eigenvalue weighted by molar-refractivity contribution is -0.148. The molecule has 5 nitrogen and oxygen atoms in total. The number of amides is 2. The molecular formula is C13H24N2O3. The highest BCUT2D eigenvalue weighted by Gasteiger charge is 2.46. The van der Waals surface area contributed by atoms with E-state index in [4.69, 9.17) is 0 Å².